The van der Waals surface area contributed by atoms with Crippen molar-refractivity contribution in [2.24, 2.45) is 0 Å². The van der Waals surface area contributed by atoms with E-state index >= 15 is 0 Å². The summed E-state index contributed by atoms with van der Waals surface area (Å²) in [5, 5.41) is 2.76. The number of nitrogens with one attached hydrogen (secondary N) is 1. The minimum atomic E-state index is -3.36. The predicted molar refractivity (Wildman–Crippen MR) is 101 cm³/mol. The summed E-state index contributed by atoms with van der Waals surface area (Å²) in [6.45, 7) is 8.28. The molecular weight excluding hydrogens is 372 g/mol. The highest BCUT2D eigenvalue weighted by Gasteiger charge is 2.56. The summed E-state index contributed by atoms with van der Waals surface area (Å²) in [6, 6.07) is -0.489. The Labute approximate surface area is 161 Å². The smallest absolute Gasteiger partial charge is 0.410 e. The molecule has 0 aromatic rings. The molecule has 1 spiro atoms. The molecule has 0 aliphatic carbocycles. The first-order valence-electron chi connectivity index (χ1n) is 9.64. The van der Waals surface area contributed by atoms with Gasteiger partial charge in [0.2, 0.25) is 0 Å². The van der Waals surface area contributed by atoms with E-state index in [0.717, 1.165) is 12.8 Å². The Morgan fingerprint density at radius 1 is 1.22 bits per heavy atom. The van der Waals surface area contributed by atoms with Gasteiger partial charge in [-0.25, -0.2) is 18.0 Å². The number of rotatable bonds is 4. The molecule has 27 heavy (non-hydrogen) atoms. The van der Waals surface area contributed by atoms with Crippen molar-refractivity contribution in [1.29, 1.82) is 0 Å². The molecule has 0 aromatic carbocycles. The van der Waals surface area contributed by atoms with Gasteiger partial charge in [0.1, 0.15) is 5.60 Å². The number of nitrogens with zero attached hydrogens (tertiary/aromatic N) is 1. The molecule has 2 aliphatic rings. The Morgan fingerprint density at radius 2 is 1.85 bits per heavy atom. The molecule has 2 rings (SSSR count). The Balaban J connectivity index is 2.03. The maximum atomic E-state index is 12.8. The van der Waals surface area contributed by atoms with Gasteiger partial charge in [0.25, 0.3) is 0 Å². The average molecular weight is 405 g/mol. The van der Waals surface area contributed by atoms with Crippen molar-refractivity contribution in [3.63, 3.8) is 0 Å². The number of carbonyl (C=O) groups is 2. The summed E-state index contributed by atoms with van der Waals surface area (Å²) in [5.41, 5.74) is -0.599. The van der Waals surface area contributed by atoms with E-state index in [9.17, 15) is 18.0 Å². The van der Waals surface area contributed by atoms with Crippen LogP contribution in [0.15, 0.2) is 0 Å². The van der Waals surface area contributed by atoms with Crippen LogP contribution >= 0.6 is 0 Å². The number of amides is 2. The van der Waals surface area contributed by atoms with Crippen molar-refractivity contribution < 1.29 is 27.5 Å². The van der Waals surface area contributed by atoms with E-state index in [1.165, 1.54) is 0 Å². The molecule has 0 radical (unpaired) electrons. The Bertz CT molecular complexity index is 647. The number of piperidine rings is 1. The number of hydrogen-bond acceptors (Lipinski definition) is 6. The van der Waals surface area contributed by atoms with Crippen molar-refractivity contribution in [2.45, 2.75) is 76.2 Å². The molecule has 1 unspecified atom stereocenters. The van der Waals surface area contributed by atoms with Gasteiger partial charge in [-0.15, -0.1) is 0 Å². The molecule has 2 saturated heterocycles. The molecule has 156 valence electrons. The standard InChI is InChI=1S/C18H32N2O6S/c1-5-6-12-25-15(21)19-14-7-13-27(23,24)18(14)8-10-20(11-9-18)16(22)26-17(2,3)4/h14H,5-13H2,1-4H3,(H,19,21). The van der Waals surface area contributed by atoms with Gasteiger partial charge in [-0.3, -0.25) is 0 Å². The highest BCUT2D eigenvalue weighted by Crippen LogP contribution is 2.41. The topological polar surface area (TPSA) is 102 Å². The maximum Gasteiger partial charge on any atom is 0.410 e. The molecule has 0 bridgehead atoms. The van der Waals surface area contributed by atoms with E-state index in [2.05, 4.69) is 5.32 Å². The molecule has 2 heterocycles. The van der Waals surface area contributed by atoms with Crippen molar-refractivity contribution in [2.75, 3.05) is 25.4 Å². The molecule has 1 N–H and O–H groups in total. The fourth-order valence-electron chi connectivity index (χ4n) is 3.71. The van der Waals surface area contributed by atoms with Crippen LogP contribution in [0, 0.1) is 0 Å². The van der Waals surface area contributed by atoms with Gasteiger partial charge in [0.05, 0.1) is 23.1 Å². The van der Waals surface area contributed by atoms with Gasteiger partial charge in [0, 0.05) is 13.1 Å². The van der Waals surface area contributed by atoms with E-state index < -0.39 is 38.4 Å². The average Bonchev–Trinajstić information content (AvgIpc) is 2.79. The second-order valence-corrected chi connectivity index (χ2v) is 10.8. The molecule has 0 aromatic heterocycles. The second kappa shape index (κ2) is 8.24. The lowest BCUT2D eigenvalue weighted by Gasteiger charge is -2.41. The summed E-state index contributed by atoms with van der Waals surface area (Å²) in [7, 11) is -3.36. The second-order valence-electron chi connectivity index (χ2n) is 8.33. The van der Waals surface area contributed by atoms with Crippen LogP contribution in [0.5, 0.6) is 0 Å². The van der Waals surface area contributed by atoms with E-state index in [0.29, 0.717) is 13.0 Å². The lowest BCUT2D eigenvalue weighted by Crippen LogP contribution is -2.58. The van der Waals surface area contributed by atoms with Crippen LogP contribution in [0.4, 0.5) is 9.59 Å². The third kappa shape index (κ3) is 5.06. The minimum Gasteiger partial charge on any atom is -0.450 e. The number of hydrogen-bond donors (Lipinski definition) is 1. The van der Waals surface area contributed by atoms with Crippen LogP contribution < -0.4 is 5.32 Å². The summed E-state index contributed by atoms with van der Waals surface area (Å²) in [4.78, 5) is 25.8. The van der Waals surface area contributed by atoms with Gasteiger partial charge < -0.3 is 19.7 Å². The van der Waals surface area contributed by atoms with E-state index in [1.807, 2.05) is 6.92 Å². The predicted octanol–water partition coefficient (Wildman–Crippen LogP) is 2.47. The number of sulfone groups is 1. The molecule has 2 amide bonds. The van der Waals surface area contributed by atoms with Crippen LogP contribution in [0.3, 0.4) is 0 Å². The normalized spacial score (nSPS) is 23.9. The van der Waals surface area contributed by atoms with Gasteiger partial charge >= 0.3 is 12.2 Å². The minimum absolute atomic E-state index is 0.0410. The van der Waals surface area contributed by atoms with Gasteiger partial charge in [0.15, 0.2) is 9.84 Å². The van der Waals surface area contributed by atoms with Crippen molar-refractivity contribution in [1.82, 2.24) is 10.2 Å². The lowest BCUT2D eigenvalue weighted by molar-refractivity contribution is 0.0183. The van der Waals surface area contributed by atoms with E-state index in [4.69, 9.17) is 9.47 Å². The summed E-state index contributed by atoms with van der Waals surface area (Å²) in [5.74, 6) is 0.0410. The van der Waals surface area contributed by atoms with Crippen molar-refractivity contribution in [3.8, 4) is 0 Å². The highest BCUT2D eigenvalue weighted by atomic mass is 32.2. The zero-order valence-electron chi connectivity index (χ0n) is 16.7. The van der Waals surface area contributed by atoms with Crippen molar-refractivity contribution in [3.05, 3.63) is 0 Å². The molecular formula is C18H32N2O6S. The SMILES string of the molecule is CCCCOC(=O)NC1CCS(=O)(=O)C12CCN(C(=O)OC(C)(C)C)CC2. The Kier molecular flexibility index (Phi) is 6.65. The number of likely N-dealkylation sites (tertiary alicyclic amines) is 1. The zero-order chi connectivity index (χ0) is 20.3. The molecule has 1 atom stereocenters. The lowest BCUT2D eigenvalue weighted by atomic mass is 9.87. The molecule has 9 heteroatoms. The largest absolute Gasteiger partial charge is 0.450 e. The van der Waals surface area contributed by atoms with Crippen LogP contribution in [0.25, 0.3) is 0 Å². The van der Waals surface area contributed by atoms with Gasteiger partial charge in [-0.2, -0.15) is 0 Å². The van der Waals surface area contributed by atoms with Crippen LogP contribution in [-0.2, 0) is 19.3 Å². The molecule has 8 nitrogen and oxygen atoms in total. The molecule has 2 aliphatic heterocycles. The third-order valence-corrected chi connectivity index (χ3v) is 7.92. The summed E-state index contributed by atoms with van der Waals surface area (Å²) >= 11 is 0. The quantitative estimate of drug-likeness (QED) is 0.722. The monoisotopic (exact) mass is 404 g/mol. The van der Waals surface area contributed by atoms with Crippen LogP contribution in [-0.4, -0.2) is 67.3 Å². The third-order valence-electron chi connectivity index (χ3n) is 5.21. The van der Waals surface area contributed by atoms with E-state index in [1.54, 1.807) is 25.7 Å². The Morgan fingerprint density at radius 3 is 2.41 bits per heavy atom. The van der Waals surface area contributed by atoms with Gasteiger partial charge in [-0.1, -0.05) is 13.3 Å². The Hall–Kier alpha value is -1.51. The first kappa shape index (κ1) is 21.8. The number of alkyl carbamates (subject to hydrolysis) is 1. The first-order chi connectivity index (χ1) is 12.5. The summed E-state index contributed by atoms with van der Waals surface area (Å²) in [6.07, 6.45) is 1.62. The molecule has 2 fully saturated rings. The first-order valence-corrected chi connectivity index (χ1v) is 11.3. The van der Waals surface area contributed by atoms with Crippen molar-refractivity contribution >= 4 is 22.0 Å². The highest BCUT2D eigenvalue weighted by molar-refractivity contribution is 7.93. The van der Waals surface area contributed by atoms with Crippen LogP contribution in [0.2, 0.25) is 0 Å². The zero-order valence-corrected chi connectivity index (χ0v) is 17.6. The maximum absolute atomic E-state index is 12.8. The van der Waals surface area contributed by atoms with Crippen LogP contribution in [0.1, 0.15) is 59.8 Å². The summed E-state index contributed by atoms with van der Waals surface area (Å²) < 4.78 is 35.0. The molecule has 0 saturated carbocycles. The fraction of sp³-hybridized carbons (Fsp3) is 0.889. The number of ether oxygens (including phenoxy) is 2. The van der Waals surface area contributed by atoms with E-state index in [-0.39, 0.29) is 31.7 Å². The fourth-order valence-corrected chi connectivity index (χ4v) is 6.07. The number of carbonyl (C=O) groups excluding carboxylic acids is 2. The van der Waals surface area contributed by atoms with Gasteiger partial charge in [-0.05, 0) is 46.5 Å². The number of unbranched alkanes of at least 4 members (excludes halogenated alkanes) is 1.